The lowest BCUT2D eigenvalue weighted by Crippen LogP contribution is -2.52. The Balaban J connectivity index is 2.37. The first-order valence-electron chi connectivity index (χ1n) is 7.93. The van der Waals surface area contributed by atoms with Crippen molar-refractivity contribution in [1.29, 1.82) is 0 Å². The first-order valence-corrected chi connectivity index (χ1v) is 10.4. The summed E-state index contributed by atoms with van der Waals surface area (Å²) in [6.45, 7) is 0. The molecular weight excluding hydrogens is 568 g/mol. The number of ether oxygens (including phenoxy) is 1. The third-order valence-electron chi connectivity index (χ3n) is 3.67. The highest BCUT2D eigenvalue weighted by atomic mass is 127. The summed E-state index contributed by atoms with van der Waals surface area (Å²) in [6, 6.07) is 10.4. The molecule has 14 heteroatoms. The third kappa shape index (κ3) is 5.88. The molecule has 0 bridgehead atoms. The Morgan fingerprint density at radius 3 is 1.97 bits per heavy atom. The largest absolute Gasteiger partial charge is 0.441 e. The summed E-state index contributed by atoms with van der Waals surface area (Å²) in [5, 5.41) is -3.53. The highest BCUT2D eigenvalue weighted by Gasteiger charge is 2.66. The van der Waals surface area contributed by atoms with Gasteiger partial charge in [0.05, 0.1) is 11.1 Å². The number of nitrogens with one attached hydrogen (secondary N) is 1. The minimum atomic E-state index is -6.59. The number of benzene rings is 2. The van der Waals surface area contributed by atoms with Gasteiger partial charge in [0, 0.05) is 9.26 Å². The van der Waals surface area contributed by atoms with Gasteiger partial charge in [0.25, 0.3) is 12.0 Å². The summed E-state index contributed by atoms with van der Waals surface area (Å²) in [7, 11) is -6.59. The molecule has 0 aliphatic rings. The van der Waals surface area contributed by atoms with Gasteiger partial charge < -0.3 is 10.1 Å². The lowest BCUT2D eigenvalue weighted by molar-refractivity contribution is -0.248. The van der Waals surface area contributed by atoms with Gasteiger partial charge in [-0.15, -0.1) is 0 Å². The van der Waals surface area contributed by atoms with Crippen LogP contribution in [-0.4, -0.2) is 42.4 Å². The number of anilines is 1. The van der Waals surface area contributed by atoms with Gasteiger partial charge in [-0.05, 0) is 59.0 Å². The van der Waals surface area contributed by atoms with Crippen LogP contribution in [0.5, 0.6) is 0 Å². The third-order valence-corrected chi connectivity index (χ3v) is 5.29. The Morgan fingerprint density at radius 1 is 0.968 bits per heavy atom. The molecule has 0 aliphatic carbocycles. The maximum absolute atomic E-state index is 13.6. The Bertz CT molecular complexity index is 1090. The molecule has 2 rings (SSSR count). The minimum Gasteiger partial charge on any atom is -0.441 e. The van der Waals surface area contributed by atoms with Crippen molar-refractivity contribution in [3.63, 3.8) is 0 Å². The van der Waals surface area contributed by atoms with Crippen LogP contribution < -0.4 is 5.32 Å². The van der Waals surface area contributed by atoms with E-state index in [2.05, 4.69) is 10.1 Å². The first-order chi connectivity index (χ1) is 14.1. The number of carbonyl (C=O) groups is 2. The van der Waals surface area contributed by atoms with E-state index in [1.54, 1.807) is 12.1 Å². The van der Waals surface area contributed by atoms with Gasteiger partial charge in [-0.2, -0.15) is 30.4 Å². The van der Waals surface area contributed by atoms with Crippen LogP contribution >= 0.6 is 22.6 Å². The van der Waals surface area contributed by atoms with E-state index in [1.807, 2.05) is 22.6 Å². The molecule has 0 spiro atoms. The first kappa shape index (κ1) is 24.9. The maximum atomic E-state index is 13.6. The number of rotatable bonds is 6. The average Bonchev–Trinajstić information content (AvgIpc) is 2.65. The van der Waals surface area contributed by atoms with Crippen molar-refractivity contribution in [3.05, 3.63) is 63.2 Å². The fraction of sp³-hybridized carbons (Fsp3) is 0.176. The fourth-order valence-corrected chi connectivity index (χ4v) is 3.03. The maximum Gasteiger partial charge on any atom is 0.432 e. The lowest BCUT2D eigenvalue weighted by atomic mass is 10.1. The van der Waals surface area contributed by atoms with E-state index in [4.69, 9.17) is 4.55 Å². The zero-order chi connectivity index (χ0) is 23.6. The molecule has 1 unspecified atom stereocenters. The highest BCUT2D eigenvalue weighted by molar-refractivity contribution is 14.1. The Kier molecular flexibility index (Phi) is 7.27. The number of hydrogen-bond acceptors (Lipinski definition) is 5. The van der Waals surface area contributed by atoms with E-state index in [-0.39, 0.29) is 5.69 Å². The molecule has 0 fully saturated rings. The van der Waals surface area contributed by atoms with Crippen LogP contribution in [0.25, 0.3) is 0 Å². The molecule has 31 heavy (non-hydrogen) atoms. The normalized spacial score (nSPS) is 13.4. The molecular formula is C17H11F5INO6S. The molecule has 7 nitrogen and oxygen atoms in total. The predicted molar refractivity (Wildman–Crippen MR) is 105 cm³/mol. The molecule has 2 N–H and O–H groups in total. The van der Waals surface area contributed by atoms with Crippen LogP contribution in [0.4, 0.5) is 27.6 Å². The standard InChI is InChI=1S/C17H11F5INO6S/c18-16(19,20)15(17(21,22)31(27,28)29)30-14(26)12-4-2-1-3-11(12)13(25)24-10-7-5-9(23)6-8-10/h1-8,15H,(H,24,25)(H,27,28,29). The number of carbonyl (C=O) groups excluding carboxylic acids is 2. The van der Waals surface area contributed by atoms with Crippen molar-refractivity contribution in [2.45, 2.75) is 17.5 Å². The van der Waals surface area contributed by atoms with Crippen molar-refractivity contribution in [2.24, 2.45) is 0 Å². The van der Waals surface area contributed by atoms with Gasteiger partial charge in [0.2, 0.25) is 0 Å². The van der Waals surface area contributed by atoms with Crippen LogP contribution in [0, 0.1) is 3.57 Å². The van der Waals surface area contributed by atoms with E-state index in [0.29, 0.717) is 0 Å². The summed E-state index contributed by atoms with van der Waals surface area (Å²) < 4.78 is 101. The zero-order valence-electron chi connectivity index (χ0n) is 14.9. The second kappa shape index (κ2) is 9.04. The number of halogens is 6. The molecule has 1 atom stereocenters. The van der Waals surface area contributed by atoms with Gasteiger partial charge in [-0.3, -0.25) is 9.35 Å². The van der Waals surface area contributed by atoms with Crippen LogP contribution in [0.3, 0.4) is 0 Å². The molecule has 0 aliphatic heterocycles. The van der Waals surface area contributed by atoms with Crippen LogP contribution in [-0.2, 0) is 14.9 Å². The van der Waals surface area contributed by atoms with Crippen LogP contribution in [0.15, 0.2) is 48.5 Å². The quantitative estimate of drug-likeness (QED) is 0.231. The second-order valence-corrected chi connectivity index (χ2v) is 8.61. The molecule has 0 radical (unpaired) electrons. The molecule has 0 saturated carbocycles. The second-order valence-electron chi connectivity index (χ2n) is 5.87. The highest BCUT2D eigenvalue weighted by Crippen LogP contribution is 2.38. The Labute approximate surface area is 185 Å². The lowest BCUT2D eigenvalue weighted by Gasteiger charge is -2.26. The van der Waals surface area contributed by atoms with E-state index < -0.39 is 50.7 Å². The van der Waals surface area contributed by atoms with Crippen LogP contribution in [0.1, 0.15) is 20.7 Å². The van der Waals surface area contributed by atoms with E-state index in [1.165, 1.54) is 18.2 Å². The molecule has 2 aromatic rings. The van der Waals surface area contributed by atoms with Gasteiger partial charge in [0.1, 0.15) is 0 Å². The number of amides is 1. The number of hydrogen-bond donors (Lipinski definition) is 2. The van der Waals surface area contributed by atoms with Crippen molar-refractivity contribution in [1.82, 2.24) is 0 Å². The van der Waals surface area contributed by atoms with Gasteiger partial charge >= 0.3 is 27.5 Å². The molecule has 1 amide bonds. The molecule has 168 valence electrons. The van der Waals surface area contributed by atoms with Gasteiger partial charge in [-0.25, -0.2) is 4.79 Å². The number of alkyl halides is 5. The van der Waals surface area contributed by atoms with Crippen molar-refractivity contribution in [3.8, 4) is 0 Å². The summed E-state index contributed by atoms with van der Waals surface area (Å²) in [5.74, 6) is -3.03. The van der Waals surface area contributed by atoms with E-state index in [0.717, 1.165) is 21.8 Å². The summed E-state index contributed by atoms with van der Waals surface area (Å²) >= 11 is 2.00. The summed E-state index contributed by atoms with van der Waals surface area (Å²) in [4.78, 5) is 24.6. The molecule has 0 aromatic heterocycles. The smallest absolute Gasteiger partial charge is 0.432 e. The molecule has 0 saturated heterocycles. The average molecular weight is 579 g/mol. The van der Waals surface area contributed by atoms with Gasteiger partial charge in [-0.1, -0.05) is 12.1 Å². The summed E-state index contributed by atoms with van der Waals surface area (Å²) in [6.07, 6.45) is -10.6. The van der Waals surface area contributed by atoms with Crippen molar-refractivity contribution < 1.29 is 49.2 Å². The van der Waals surface area contributed by atoms with Gasteiger partial charge in [0.15, 0.2) is 0 Å². The SMILES string of the molecule is O=C(Nc1ccc(I)cc1)c1ccccc1C(=O)OC(C(F)(F)F)C(F)(F)S(=O)(=O)O. The van der Waals surface area contributed by atoms with Crippen molar-refractivity contribution >= 4 is 50.3 Å². The predicted octanol–water partition coefficient (Wildman–Crippen LogP) is 4.11. The van der Waals surface area contributed by atoms with E-state index >= 15 is 0 Å². The topological polar surface area (TPSA) is 110 Å². The zero-order valence-corrected chi connectivity index (χ0v) is 17.8. The monoisotopic (exact) mass is 579 g/mol. The van der Waals surface area contributed by atoms with E-state index in [9.17, 15) is 40.0 Å². The molecule has 2 aromatic carbocycles. The number of esters is 1. The Hall–Kier alpha value is -2.33. The fourth-order valence-electron chi connectivity index (χ4n) is 2.22. The van der Waals surface area contributed by atoms with Crippen LogP contribution in [0.2, 0.25) is 0 Å². The minimum absolute atomic E-state index is 0.264. The van der Waals surface area contributed by atoms with Crippen molar-refractivity contribution in [2.75, 3.05) is 5.32 Å². The molecule has 0 heterocycles. The Morgan fingerprint density at radius 2 is 1.48 bits per heavy atom. The summed E-state index contributed by atoms with van der Waals surface area (Å²) in [5.41, 5.74) is -1.10.